The quantitative estimate of drug-likeness (QED) is 0.657. The predicted octanol–water partition coefficient (Wildman–Crippen LogP) is 2.91. The van der Waals surface area contributed by atoms with E-state index >= 15 is 0 Å². The second-order valence-electron chi connectivity index (χ2n) is 4.17. The second kappa shape index (κ2) is 6.38. The first kappa shape index (κ1) is 14.3. The van der Waals surface area contributed by atoms with Crippen LogP contribution in [0.4, 0.5) is 15.8 Å². The normalized spacial score (nSPS) is 10.3. The third-order valence-corrected chi connectivity index (χ3v) is 3.75. The van der Waals surface area contributed by atoms with Crippen LogP contribution in [0, 0.1) is 5.82 Å². The highest BCUT2D eigenvalue weighted by Crippen LogP contribution is 2.23. The van der Waals surface area contributed by atoms with Crippen molar-refractivity contribution in [2.75, 3.05) is 24.7 Å². The van der Waals surface area contributed by atoms with E-state index in [2.05, 4.69) is 10.1 Å². The molecule has 6 heteroatoms. The lowest BCUT2D eigenvalue weighted by molar-refractivity contribution is 0.0602. The number of nitrogen functional groups attached to an aromatic ring is 1. The molecule has 1 aromatic heterocycles. The molecule has 0 amide bonds. The Morgan fingerprint density at radius 3 is 2.95 bits per heavy atom. The van der Waals surface area contributed by atoms with Crippen LogP contribution in [0.1, 0.15) is 15.2 Å². The third kappa shape index (κ3) is 3.27. The zero-order valence-electron chi connectivity index (χ0n) is 11.0. The van der Waals surface area contributed by atoms with Crippen LogP contribution >= 0.6 is 11.3 Å². The molecule has 0 fully saturated rings. The summed E-state index contributed by atoms with van der Waals surface area (Å²) in [5.41, 5.74) is 6.08. The Bertz CT molecular complexity index is 599. The van der Waals surface area contributed by atoms with E-state index in [-0.39, 0.29) is 16.9 Å². The van der Waals surface area contributed by atoms with Gasteiger partial charge in [0.05, 0.1) is 18.4 Å². The number of esters is 1. The molecule has 1 aromatic carbocycles. The number of nitrogens with two attached hydrogens (primary N) is 1. The van der Waals surface area contributed by atoms with E-state index in [4.69, 9.17) is 5.73 Å². The number of nitrogens with one attached hydrogen (secondary N) is 1. The third-order valence-electron chi connectivity index (χ3n) is 2.81. The number of rotatable bonds is 5. The second-order valence-corrected chi connectivity index (χ2v) is 5.20. The molecule has 0 saturated carbocycles. The largest absolute Gasteiger partial charge is 0.465 e. The van der Waals surface area contributed by atoms with Gasteiger partial charge in [0.2, 0.25) is 0 Å². The fourth-order valence-corrected chi connectivity index (χ4v) is 2.50. The molecule has 0 spiro atoms. The van der Waals surface area contributed by atoms with E-state index < -0.39 is 11.8 Å². The van der Waals surface area contributed by atoms with Crippen LogP contribution in [-0.2, 0) is 11.2 Å². The maximum atomic E-state index is 13.8. The first-order valence-electron chi connectivity index (χ1n) is 6.05. The topological polar surface area (TPSA) is 64.3 Å². The van der Waals surface area contributed by atoms with E-state index in [0.29, 0.717) is 6.54 Å². The molecule has 0 aliphatic carbocycles. The highest BCUT2D eigenvalue weighted by Gasteiger charge is 2.14. The molecule has 0 radical (unpaired) electrons. The standard InChI is InChI=1S/C14H15FN2O2S/c1-19-14(18)10-7-13(11(15)8-12(10)16)17-5-4-9-3-2-6-20-9/h2-3,6-8,17H,4-5,16H2,1H3. The molecule has 4 nitrogen and oxygen atoms in total. The van der Waals surface area contributed by atoms with Crippen LogP contribution in [0.2, 0.25) is 0 Å². The van der Waals surface area contributed by atoms with Gasteiger partial charge in [-0.1, -0.05) is 6.07 Å². The number of hydrogen-bond donors (Lipinski definition) is 2. The average molecular weight is 294 g/mol. The van der Waals surface area contributed by atoms with Crippen molar-refractivity contribution < 1.29 is 13.9 Å². The summed E-state index contributed by atoms with van der Waals surface area (Å²) < 4.78 is 18.4. The minimum atomic E-state index is -0.580. The molecule has 3 N–H and O–H groups in total. The van der Waals surface area contributed by atoms with Gasteiger partial charge >= 0.3 is 5.97 Å². The van der Waals surface area contributed by atoms with Crippen molar-refractivity contribution in [3.8, 4) is 0 Å². The van der Waals surface area contributed by atoms with Crippen LogP contribution in [0.3, 0.4) is 0 Å². The number of carbonyl (C=O) groups excluding carboxylic acids is 1. The van der Waals surface area contributed by atoms with Crippen molar-refractivity contribution in [1.82, 2.24) is 0 Å². The summed E-state index contributed by atoms with van der Waals surface area (Å²) in [6.45, 7) is 0.571. The average Bonchev–Trinajstić information content (AvgIpc) is 2.93. The van der Waals surface area contributed by atoms with E-state index in [0.717, 1.165) is 12.5 Å². The predicted molar refractivity (Wildman–Crippen MR) is 78.7 cm³/mol. The number of thiophene rings is 1. The van der Waals surface area contributed by atoms with E-state index in [1.807, 2.05) is 17.5 Å². The molecule has 2 rings (SSSR count). The van der Waals surface area contributed by atoms with Crippen molar-refractivity contribution in [3.63, 3.8) is 0 Å². The number of anilines is 2. The smallest absolute Gasteiger partial charge is 0.340 e. The molecule has 20 heavy (non-hydrogen) atoms. The fourth-order valence-electron chi connectivity index (χ4n) is 1.79. The van der Waals surface area contributed by atoms with Gasteiger partial charge in [-0.15, -0.1) is 11.3 Å². The molecular formula is C14H15FN2O2S. The van der Waals surface area contributed by atoms with Gasteiger partial charge in [-0.25, -0.2) is 9.18 Å². The van der Waals surface area contributed by atoms with E-state index in [1.165, 1.54) is 18.1 Å². The Kier molecular flexibility index (Phi) is 4.57. The lowest BCUT2D eigenvalue weighted by Gasteiger charge is -2.10. The van der Waals surface area contributed by atoms with Crippen LogP contribution in [0.5, 0.6) is 0 Å². The number of benzene rings is 1. The van der Waals surface area contributed by atoms with Gasteiger partial charge in [-0.05, 0) is 30.0 Å². The van der Waals surface area contributed by atoms with Crippen molar-refractivity contribution in [2.24, 2.45) is 0 Å². The lowest BCUT2D eigenvalue weighted by atomic mass is 10.1. The Balaban J connectivity index is 2.08. The molecule has 1 heterocycles. The zero-order valence-corrected chi connectivity index (χ0v) is 11.8. The maximum absolute atomic E-state index is 13.8. The Morgan fingerprint density at radius 2 is 2.30 bits per heavy atom. The van der Waals surface area contributed by atoms with Gasteiger partial charge in [0.15, 0.2) is 0 Å². The van der Waals surface area contributed by atoms with Crippen molar-refractivity contribution in [1.29, 1.82) is 0 Å². The summed E-state index contributed by atoms with van der Waals surface area (Å²) in [5, 5.41) is 4.96. The zero-order chi connectivity index (χ0) is 14.5. The molecule has 0 bridgehead atoms. The Morgan fingerprint density at radius 1 is 1.50 bits per heavy atom. The number of halogens is 1. The van der Waals surface area contributed by atoms with Gasteiger partial charge < -0.3 is 15.8 Å². The lowest BCUT2D eigenvalue weighted by Crippen LogP contribution is -2.10. The van der Waals surface area contributed by atoms with Gasteiger partial charge in [-0.2, -0.15) is 0 Å². The number of ether oxygens (including phenoxy) is 1. The van der Waals surface area contributed by atoms with Gasteiger partial charge in [0.1, 0.15) is 5.82 Å². The molecule has 0 unspecified atom stereocenters. The van der Waals surface area contributed by atoms with E-state index in [1.54, 1.807) is 11.3 Å². The van der Waals surface area contributed by atoms with Gasteiger partial charge in [-0.3, -0.25) is 0 Å². The summed E-state index contributed by atoms with van der Waals surface area (Å²) in [6.07, 6.45) is 0.787. The SMILES string of the molecule is COC(=O)c1cc(NCCc2cccs2)c(F)cc1N. The molecule has 0 saturated heterocycles. The van der Waals surface area contributed by atoms with Crippen LogP contribution in [-0.4, -0.2) is 19.6 Å². The fraction of sp³-hybridized carbons (Fsp3) is 0.214. The summed E-state index contributed by atoms with van der Waals surface area (Å²) in [7, 11) is 1.26. The highest BCUT2D eigenvalue weighted by atomic mass is 32.1. The number of hydrogen-bond acceptors (Lipinski definition) is 5. The number of carbonyl (C=O) groups is 1. The molecule has 0 aliphatic rings. The summed E-state index contributed by atoms with van der Waals surface area (Å²) >= 11 is 1.65. The number of methoxy groups -OCH3 is 1. The van der Waals surface area contributed by atoms with Crippen molar-refractivity contribution in [3.05, 3.63) is 45.9 Å². The Labute approximate surface area is 120 Å². The van der Waals surface area contributed by atoms with Crippen molar-refractivity contribution in [2.45, 2.75) is 6.42 Å². The highest BCUT2D eigenvalue weighted by molar-refractivity contribution is 7.09. The van der Waals surface area contributed by atoms with Crippen LogP contribution in [0.15, 0.2) is 29.6 Å². The van der Waals surface area contributed by atoms with E-state index in [9.17, 15) is 9.18 Å². The van der Waals surface area contributed by atoms with Gasteiger partial charge in [0, 0.05) is 17.1 Å². The monoisotopic (exact) mass is 294 g/mol. The summed E-state index contributed by atoms with van der Waals surface area (Å²) in [4.78, 5) is 12.7. The van der Waals surface area contributed by atoms with Crippen LogP contribution in [0.25, 0.3) is 0 Å². The van der Waals surface area contributed by atoms with Crippen molar-refractivity contribution >= 4 is 28.7 Å². The molecule has 106 valence electrons. The molecule has 2 aromatic rings. The first-order chi connectivity index (χ1) is 9.61. The Hall–Kier alpha value is -2.08. The first-order valence-corrected chi connectivity index (χ1v) is 6.93. The van der Waals surface area contributed by atoms with Gasteiger partial charge in [0.25, 0.3) is 0 Å². The summed E-state index contributed by atoms with van der Waals surface area (Å²) in [6, 6.07) is 6.50. The maximum Gasteiger partial charge on any atom is 0.340 e. The minimum Gasteiger partial charge on any atom is -0.465 e. The molecule has 0 atom stereocenters. The minimum absolute atomic E-state index is 0.0677. The van der Waals surface area contributed by atoms with Crippen LogP contribution < -0.4 is 11.1 Å². The molecule has 0 aliphatic heterocycles. The molecular weight excluding hydrogens is 279 g/mol. The summed E-state index contributed by atoms with van der Waals surface area (Å²) in [5.74, 6) is -1.06.